The van der Waals surface area contributed by atoms with E-state index in [1.54, 1.807) is 16.9 Å². The average Bonchev–Trinajstić information content (AvgIpc) is 3.35. The Kier molecular flexibility index (Phi) is 5.31. The SMILES string of the molecule is Fc1cc(F)c(-n2cc3c(n2)[C@]24CC[C@]32C4)cc1Oc1cccc([C@H](c2ccccn2)c2ccccc2-c2ccccc2)c1. The van der Waals surface area contributed by atoms with Gasteiger partial charge in [0.05, 0.1) is 17.3 Å². The summed E-state index contributed by atoms with van der Waals surface area (Å²) in [6.45, 7) is 0. The maximum Gasteiger partial charge on any atom is 0.168 e. The van der Waals surface area contributed by atoms with E-state index in [4.69, 9.17) is 14.8 Å². The molecule has 0 N–H and O–H groups in total. The van der Waals surface area contributed by atoms with Crippen LogP contribution in [0.25, 0.3) is 16.8 Å². The van der Waals surface area contributed by atoms with E-state index in [0.29, 0.717) is 5.75 Å². The highest BCUT2D eigenvalue weighted by Gasteiger charge is 2.84. The molecule has 2 heterocycles. The van der Waals surface area contributed by atoms with Gasteiger partial charge in [0.2, 0.25) is 0 Å². The first-order valence-electron chi connectivity index (χ1n) is 15.0. The fraction of sp³-hybridized carbons (Fsp3) is 0.158. The largest absolute Gasteiger partial charge is 0.454 e. The van der Waals surface area contributed by atoms with Crippen LogP contribution in [0.5, 0.6) is 11.5 Å². The molecule has 3 aliphatic rings. The van der Waals surface area contributed by atoms with E-state index >= 15 is 8.78 Å². The molecule has 3 aliphatic carbocycles. The summed E-state index contributed by atoms with van der Waals surface area (Å²) in [5, 5.41) is 4.73. The Labute approximate surface area is 253 Å². The number of hydrogen-bond donors (Lipinski definition) is 0. The van der Waals surface area contributed by atoms with Gasteiger partial charge in [0.25, 0.3) is 0 Å². The number of ether oxygens (including phenoxy) is 1. The summed E-state index contributed by atoms with van der Waals surface area (Å²) in [6, 6.07) is 34.4. The van der Waals surface area contributed by atoms with Gasteiger partial charge in [-0.15, -0.1) is 0 Å². The van der Waals surface area contributed by atoms with Crippen LogP contribution in [-0.4, -0.2) is 14.8 Å². The van der Waals surface area contributed by atoms with Crippen molar-refractivity contribution in [3.05, 3.63) is 161 Å². The van der Waals surface area contributed by atoms with Gasteiger partial charge in [-0.1, -0.05) is 72.8 Å². The highest BCUT2D eigenvalue weighted by Crippen LogP contribution is 2.85. The van der Waals surface area contributed by atoms with Crippen molar-refractivity contribution in [1.82, 2.24) is 14.8 Å². The fourth-order valence-electron chi connectivity index (χ4n) is 7.77. The summed E-state index contributed by atoms with van der Waals surface area (Å²) in [6.07, 6.45) is 7.22. The first-order chi connectivity index (χ1) is 21.6. The Morgan fingerprint density at radius 1 is 0.773 bits per heavy atom. The second kappa shape index (κ2) is 9.20. The van der Waals surface area contributed by atoms with Crippen molar-refractivity contribution >= 4 is 0 Å². The summed E-state index contributed by atoms with van der Waals surface area (Å²) in [5.74, 6) is -1.27. The Bertz CT molecular complexity index is 2040. The number of benzene rings is 4. The molecule has 0 aliphatic heterocycles. The van der Waals surface area contributed by atoms with E-state index in [1.165, 1.54) is 24.5 Å². The number of rotatable bonds is 7. The first kappa shape index (κ1) is 25.4. The summed E-state index contributed by atoms with van der Waals surface area (Å²) in [5.41, 5.74) is 8.11. The standard InChI is InChI=1S/C38H27F2N3O/c39-30-20-31(40)34(21-33(30)43-22-29-36(42-43)38-17-16-37(29,38)23-38)44-26-12-8-11-25(19-26)35(32-15-6-7-18-41-32)28-14-5-4-13-27(28)24-9-2-1-3-10-24/h1-15,18-22,35H,16-17,23H2/t35-,37-,38+/m0/s1. The maximum atomic E-state index is 15.2. The molecule has 9 rings (SSSR count). The number of pyridine rings is 1. The van der Waals surface area contributed by atoms with Crippen molar-refractivity contribution in [3.8, 4) is 28.3 Å². The molecular formula is C38H27F2N3O. The molecule has 2 fully saturated rings. The van der Waals surface area contributed by atoms with Crippen LogP contribution < -0.4 is 4.74 Å². The van der Waals surface area contributed by atoms with Crippen LogP contribution in [0.15, 0.2) is 122 Å². The topological polar surface area (TPSA) is 39.9 Å². The van der Waals surface area contributed by atoms with Gasteiger partial charge in [-0.3, -0.25) is 4.98 Å². The van der Waals surface area contributed by atoms with E-state index in [1.807, 2.05) is 72.9 Å². The Morgan fingerprint density at radius 3 is 2.39 bits per heavy atom. The highest BCUT2D eigenvalue weighted by atomic mass is 19.1. The number of nitrogens with zero attached hydrogens (tertiary/aromatic N) is 3. The molecule has 0 saturated heterocycles. The lowest BCUT2D eigenvalue weighted by Gasteiger charge is -2.43. The third-order valence-corrected chi connectivity index (χ3v) is 10.1. The molecule has 44 heavy (non-hydrogen) atoms. The van der Waals surface area contributed by atoms with Crippen LogP contribution >= 0.6 is 0 Å². The second-order valence-electron chi connectivity index (χ2n) is 12.2. The lowest BCUT2D eigenvalue weighted by molar-refractivity contribution is 0.285. The quantitative estimate of drug-likeness (QED) is 0.190. The van der Waals surface area contributed by atoms with Crippen LogP contribution in [-0.2, 0) is 10.8 Å². The molecule has 6 heteroatoms. The van der Waals surface area contributed by atoms with E-state index in [9.17, 15) is 0 Å². The second-order valence-corrected chi connectivity index (χ2v) is 12.2. The lowest BCUT2D eigenvalue weighted by Crippen LogP contribution is -2.42. The molecule has 6 aromatic rings. The molecule has 0 unspecified atom stereocenters. The van der Waals surface area contributed by atoms with Crippen LogP contribution in [0.3, 0.4) is 0 Å². The molecule has 3 atom stereocenters. The van der Waals surface area contributed by atoms with E-state index in [0.717, 1.165) is 46.1 Å². The predicted molar refractivity (Wildman–Crippen MR) is 164 cm³/mol. The van der Waals surface area contributed by atoms with Gasteiger partial charge in [-0.25, -0.2) is 13.5 Å². The van der Waals surface area contributed by atoms with Crippen molar-refractivity contribution < 1.29 is 13.5 Å². The van der Waals surface area contributed by atoms with Crippen molar-refractivity contribution in [2.24, 2.45) is 0 Å². The molecule has 0 bridgehead atoms. The summed E-state index contributed by atoms with van der Waals surface area (Å²) in [4.78, 5) is 4.73. The third kappa shape index (κ3) is 3.54. The minimum atomic E-state index is -0.769. The molecule has 214 valence electrons. The third-order valence-electron chi connectivity index (χ3n) is 10.1. The zero-order valence-corrected chi connectivity index (χ0v) is 23.8. The fourth-order valence-corrected chi connectivity index (χ4v) is 7.77. The summed E-state index contributed by atoms with van der Waals surface area (Å²) >= 11 is 0. The summed E-state index contributed by atoms with van der Waals surface area (Å²) < 4.78 is 37.9. The zero-order valence-electron chi connectivity index (χ0n) is 23.8. The van der Waals surface area contributed by atoms with Crippen LogP contribution in [0, 0.1) is 11.6 Å². The minimum Gasteiger partial charge on any atom is -0.454 e. The first-order valence-corrected chi connectivity index (χ1v) is 15.0. The van der Waals surface area contributed by atoms with Crippen molar-refractivity contribution in [3.63, 3.8) is 0 Å². The maximum absolute atomic E-state index is 15.2. The van der Waals surface area contributed by atoms with E-state index < -0.39 is 11.6 Å². The molecule has 0 spiro atoms. The Balaban J connectivity index is 1.09. The monoisotopic (exact) mass is 579 g/mol. The Morgan fingerprint density at radius 2 is 1.59 bits per heavy atom. The predicted octanol–water partition coefficient (Wildman–Crippen LogP) is 8.87. The minimum absolute atomic E-state index is 0.0556. The van der Waals surface area contributed by atoms with Gasteiger partial charge < -0.3 is 4.74 Å². The van der Waals surface area contributed by atoms with Gasteiger partial charge in [0.15, 0.2) is 17.4 Å². The van der Waals surface area contributed by atoms with Crippen molar-refractivity contribution in [2.45, 2.75) is 36.0 Å². The van der Waals surface area contributed by atoms with Gasteiger partial charge in [0, 0.05) is 40.9 Å². The molecule has 2 aromatic heterocycles. The number of hydrogen-bond acceptors (Lipinski definition) is 3. The van der Waals surface area contributed by atoms with Crippen molar-refractivity contribution in [1.29, 1.82) is 0 Å². The average molecular weight is 580 g/mol. The number of aromatic nitrogens is 3. The van der Waals surface area contributed by atoms with Gasteiger partial charge in [-0.2, -0.15) is 5.10 Å². The zero-order chi connectivity index (χ0) is 29.5. The molecule has 0 radical (unpaired) electrons. The highest BCUT2D eigenvalue weighted by molar-refractivity contribution is 5.70. The molecular weight excluding hydrogens is 552 g/mol. The van der Waals surface area contributed by atoms with Gasteiger partial charge in [-0.05, 0) is 65.8 Å². The van der Waals surface area contributed by atoms with Crippen molar-refractivity contribution in [2.75, 3.05) is 0 Å². The molecule has 2 saturated carbocycles. The van der Waals surface area contributed by atoms with Crippen LogP contribution in [0.1, 0.15) is 53.3 Å². The molecule has 0 amide bonds. The summed E-state index contributed by atoms with van der Waals surface area (Å²) in [7, 11) is 0. The van der Waals surface area contributed by atoms with E-state index in [2.05, 4.69) is 24.3 Å². The van der Waals surface area contributed by atoms with Gasteiger partial charge >= 0.3 is 0 Å². The van der Waals surface area contributed by atoms with E-state index in [-0.39, 0.29) is 28.2 Å². The van der Waals surface area contributed by atoms with Gasteiger partial charge in [0.1, 0.15) is 11.4 Å². The van der Waals surface area contributed by atoms with Crippen LogP contribution in [0.4, 0.5) is 8.78 Å². The smallest absolute Gasteiger partial charge is 0.168 e. The molecule has 4 nitrogen and oxygen atoms in total. The molecule has 4 aromatic carbocycles. The number of halogens is 2. The Hall–Kier alpha value is -5.10. The normalized spacial score (nSPS) is 21.2. The lowest BCUT2D eigenvalue weighted by atomic mass is 9.59. The number of fused-ring (bicyclic) bond motifs is 1. The van der Waals surface area contributed by atoms with Crippen LogP contribution in [0.2, 0.25) is 0 Å².